The number of benzene rings is 2. The molecule has 0 spiro atoms. The van der Waals surface area contributed by atoms with Crippen LogP contribution in [0, 0.1) is 11.8 Å². The minimum absolute atomic E-state index is 0.0601. The van der Waals surface area contributed by atoms with E-state index in [9.17, 15) is 27.9 Å². The van der Waals surface area contributed by atoms with Crippen molar-refractivity contribution in [2.24, 2.45) is 11.8 Å². The summed E-state index contributed by atoms with van der Waals surface area (Å²) in [6.45, 7) is 9.05. The van der Waals surface area contributed by atoms with Gasteiger partial charge in [0.1, 0.15) is 17.8 Å². The normalized spacial score (nSPS) is 14.1. The zero-order valence-electron chi connectivity index (χ0n) is 23.8. The van der Waals surface area contributed by atoms with Gasteiger partial charge < -0.3 is 21.1 Å². The predicted octanol–water partition coefficient (Wildman–Crippen LogP) is 3.49. The predicted molar refractivity (Wildman–Crippen MR) is 155 cm³/mol. The summed E-state index contributed by atoms with van der Waals surface area (Å²) < 4.78 is 25.7. The third kappa shape index (κ3) is 11.2. The summed E-state index contributed by atoms with van der Waals surface area (Å²) in [6.07, 6.45) is 2.41. The lowest BCUT2D eigenvalue weighted by atomic mass is 9.99. The molecule has 0 unspecified atom stereocenters. The smallest absolute Gasteiger partial charge is 0.243 e. The van der Waals surface area contributed by atoms with Crippen molar-refractivity contribution in [2.75, 3.05) is 0 Å². The maximum Gasteiger partial charge on any atom is 0.243 e. The lowest BCUT2D eigenvalue weighted by molar-refractivity contribution is -0.132. The van der Waals surface area contributed by atoms with E-state index in [2.05, 4.69) is 16.0 Å². The van der Waals surface area contributed by atoms with Gasteiger partial charge in [-0.25, -0.2) is 8.42 Å². The molecule has 0 radical (unpaired) electrons. The van der Waals surface area contributed by atoms with Crippen molar-refractivity contribution in [2.45, 2.75) is 76.9 Å². The minimum atomic E-state index is -3.76. The second kappa shape index (κ2) is 15.2. The monoisotopic (exact) mass is 571 g/mol. The summed E-state index contributed by atoms with van der Waals surface area (Å²) in [5, 5.41) is 19.0. The second-order valence-electron chi connectivity index (χ2n) is 10.7. The number of phenols is 1. The topological polar surface area (TPSA) is 142 Å². The van der Waals surface area contributed by atoms with Gasteiger partial charge in [-0.1, -0.05) is 64.1 Å². The van der Waals surface area contributed by atoms with E-state index >= 15 is 0 Å². The lowest BCUT2D eigenvalue weighted by Gasteiger charge is -2.26. The van der Waals surface area contributed by atoms with E-state index in [1.54, 1.807) is 30.3 Å². The van der Waals surface area contributed by atoms with E-state index < -0.39 is 39.8 Å². The van der Waals surface area contributed by atoms with Crippen molar-refractivity contribution in [3.63, 3.8) is 0 Å². The van der Waals surface area contributed by atoms with Crippen LogP contribution in [0.25, 0.3) is 0 Å². The van der Waals surface area contributed by atoms with Crippen LogP contribution < -0.4 is 16.0 Å². The van der Waals surface area contributed by atoms with Crippen LogP contribution in [0.1, 0.15) is 53.0 Å². The molecule has 0 aliphatic rings. The Labute approximate surface area is 237 Å². The van der Waals surface area contributed by atoms with Crippen molar-refractivity contribution in [1.82, 2.24) is 16.0 Å². The fourth-order valence-electron chi connectivity index (χ4n) is 4.15. The van der Waals surface area contributed by atoms with Crippen molar-refractivity contribution in [1.29, 1.82) is 0 Å². The van der Waals surface area contributed by atoms with Crippen LogP contribution in [0.15, 0.2) is 71.0 Å². The van der Waals surface area contributed by atoms with E-state index in [1.807, 2.05) is 27.7 Å². The maximum atomic E-state index is 13.5. The molecular weight excluding hydrogens is 530 g/mol. The molecule has 0 bridgehead atoms. The molecule has 2 aromatic carbocycles. The van der Waals surface area contributed by atoms with E-state index in [0.29, 0.717) is 12.8 Å². The molecular formula is C30H41N3O6S. The molecule has 0 fully saturated rings. The molecule has 2 rings (SSSR count). The number of hydrogen-bond donors (Lipinski definition) is 4. The van der Waals surface area contributed by atoms with Gasteiger partial charge in [-0.3, -0.25) is 14.4 Å². The Morgan fingerprint density at radius 2 is 1.32 bits per heavy atom. The van der Waals surface area contributed by atoms with Gasteiger partial charge in [-0.2, -0.15) is 0 Å². The Hall–Kier alpha value is -3.66. The first-order valence-electron chi connectivity index (χ1n) is 13.4. The molecule has 40 heavy (non-hydrogen) atoms. The van der Waals surface area contributed by atoms with Crippen LogP contribution in [0.4, 0.5) is 0 Å². The van der Waals surface area contributed by atoms with Gasteiger partial charge in [0.05, 0.1) is 10.9 Å². The van der Waals surface area contributed by atoms with Crippen LogP contribution in [-0.4, -0.2) is 49.4 Å². The average Bonchev–Trinajstić information content (AvgIpc) is 2.87. The summed E-state index contributed by atoms with van der Waals surface area (Å²) in [7, 11) is -3.76. The standard InChI is InChI=1S/C30H41N3O6S/c1-20(2)17-27(31-22(5)34)30(37)33-28(18-21(3)4)29(36)32-24(19-23-11-13-25(35)14-12-23)15-16-40(38,39)26-9-7-6-8-10-26/h6-16,20-21,24,27-28,35H,17-19H2,1-5H3,(H,31,34)(H,32,36)(H,33,37)/b16-15+/t24-,27+,28+/m1/s1. The summed E-state index contributed by atoms with van der Waals surface area (Å²) in [5.41, 5.74) is 0.761. The average molecular weight is 572 g/mol. The van der Waals surface area contributed by atoms with Gasteiger partial charge in [0.15, 0.2) is 9.84 Å². The number of carbonyl (C=O) groups excluding carboxylic acids is 3. The Kier molecular flexibility index (Phi) is 12.4. The lowest BCUT2D eigenvalue weighted by Crippen LogP contribution is -2.55. The molecule has 0 saturated heterocycles. The molecule has 10 heteroatoms. The Bertz CT molecular complexity index is 1260. The molecule has 2 aromatic rings. The Morgan fingerprint density at radius 3 is 1.85 bits per heavy atom. The summed E-state index contributed by atoms with van der Waals surface area (Å²) in [4.78, 5) is 38.4. The first-order valence-corrected chi connectivity index (χ1v) is 15.0. The molecule has 0 aliphatic heterocycles. The van der Waals surface area contributed by atoms with Gasteiger partial charge in [0.25, 0.3) is 0 Å². The Balaban J connectivity index is 2.31. The third-order valence-electron chi connectivity index (χ3n) is 6.02. The fourth-order valence-corrected chi connectivity index (χ4v) is 5.24. The molecule has 0 aliphatic carbocycles. The number of sulfone groups is 1. The van der Waals surface area contributed by atoms with Crippen LogP contribution in [-0.2, 0) is 30.6 Å². The highest BCUT2D eigenvalue weighted by Gasteiger charge is 2.28. The van der Waals surface area contributed by atoms with E-state index in [1.165, 1.54) is 37.3 Å². The van der Waals surface area contributed by atoms with E-state index in [4.69, 9.17) is 0 Å². The highest BCUT2D eigenvalue weighted by Crippen LogP contribution is 2.16. The van der Waals surface area contributed by atoms with Gasteiger partial charge in [0, 0.05) is 12.3 Å². The summed E-state index contributed by atoms with van der Waals surface area (Å²) in [6, 6.07) is 11.9. The second-order valence-corrected chi connectivity index (χ2v) is 12.6. The molecule has 0 heterocycles. The van der Waals surface area contributed by atoms with Crippen LogP contribution in [0.3, 0.4) is 0 Å². The number of rotatable bonds is 14. The first-order chi connectivity index (χ1) is 18.8. The van der Waals surface area contributed by atoms with Gasteiger partial charge >= 0.3 is 0 Å². The molecule has 4 N–H and O–H groups in total. The molecule has 0 aromatic heterocycles. The zero-order valence-corrected chi connectivity index (χ0v) is 24.6. The first kappa shape index (κ1) is 32.6. The van der Waals surface area contributed by atoms with Crippen LogP contribution >= 0.6 is 0 Å². The van der Waals surface area contributed by atoms with Gasteiger partial charge in [0.2, 0.25) is 17.7 Å². The molecule has 218 valence electrons. The number of amides is 3. The van der Waals surface area contributed by atoms with E-state index in [0.717, 1.165) is 11.0 Å². The van der Waals surface area contributed by atoms with Crippen LogP contribution in [0.2, 0.25) is 0 Å². The summed E-state index contributed by atoms with van der Waals surface area (Å²) >= 11 is 0. The van der Waals surface area contributed by atoms with Crippen molar-refractivity contribution in [3.05, 3.63) is 71.6 Å². The molecule has 3 amide bonds. The number of aromatic hydroxyl groups is 1. The van der Waals surface area contributed by atoms with E-state index in [-0.39, 0.29) is 34.8 Å². The third-order valence-corrected chi connectivity index (χ3v) is 7.47. The molecule has 9 nitrogen and oxygen atoms in total. The molecule has 3 atom stereocenters. The van der Waals surface area contributed by atoms with Crippen molar-refractivity contribution < 1.29 is 27.9 Å². The molecule has 0 saturated carbocycles. The zero-order chi connectivity index (χ0) is 29.9. The maximum absolute atomic E-state index is 13.5. The largest absolute Gasteiger partial charge is 0.508 e. The summed E-state index contributed by atoms with van der Waals surface area (Å²) in [5.74, 6) is -0.997. The number of carbonyl (C=O) groups is 3. The number of hydrogen-bond acceptors (Lipinski definition) is 6. The van der Waals surface area contributed by atoms with Gasteiger partial charge in [-0.15, -0.1) is 0 Å². The van der Waals surface area contributed by atoms with Crippen molar-refractivity contribution >= 4 is 27.6 Å². The minimum Gasteiger partial charge on any atom is -0.508 e. The number of phenolic OH excluding ortho intramolecular Hbond substituents is 1. The highest BCUT2D eigenvalue weighted by molar-refractivity contribution is 7.94. The quantitative estimate of drug-likeness (QED) is 0.274. The van der Waals surface area contributed by atoms with Crippen molar-refractivity contribution in [3.8, 4) is 5.75 Å². The Morgan fingerprint density at radius 1 is 0.800 bits per heavy atom. The van der Waals surface area contributed by atoms with Gasteiger partial charge in [-0.05, 0) is 60.9 Å². The fraction of sp³-hybridized carbons (Fsp3) is 0.433. The number of nitrogens with one attached hydrogen (secondary N) is 3. The SMILES string of the molecule is CC(=O)N[C@@H](CC(C)C)C(=O)N[C@@H](CC(C)C)C(=O)N[C@H](/C=C/S(=O)(=O)c1ccccc1)Cc1ccc(O)cc1. The highest BCUT2D eigenvalue weighted by atomic mass is 32.2. The van der Waals surface area contributed by atoms with Crippen LogP contribution in [0.5, 0.6) is 5.75 Å².